The Kier molecular flexibility index (Phi) is 6.50. The molecule has 1 amide bonds. The minimum absolute atomic E-state index is 0.0447. The van der Waals surface area contributed by atoms with Crippen LogP contribution in [0.2, 0.25) is 0 Å². The van der Waals surface area contributed by atoms with Gasteiger partial charge in [0.2, 0.25) is 5.91 Å². The van der Waals surface area contributed by atoms with E-state index >= 15 is 0 Å². The average molecular weight is 424 g/mol. The lowest BCUT2D eigenvalue weighted by Crippen LogP contribution is -2.32. The summed E-state index contributed by atoms with van der Waals surface area (Å²) < 4.78 is 6.75. The van der Waals surface area contributed by atoms with E-state index in [4.69, 9.17) is 4.74 Å². The van der Waals surface area contributed by atoms with Crippen molar-refractivity contribution in [2.24, 2.45) is 0 Å². The fourth-order valence-corrected chi connectivity index (χ4v) is 4.74. The van der Waals surface area contributed by atoms with E-state index in [9.17, 15) is 9.59 Å². The maximum Gasteiger partial charge on any atom is 0.262 e. The number of rotatable bonds is 7. The quantitative estimate of drug-likeness (QED) is 0.466. The zero-order chi connectivity index (χ0) is 20.9. The number of hydrogen-bond acceptors (Lipinski definition) is 5. The van der Waals surface area contributed by atoms with E-state index in [1.165, 1.54) is 22.9 Å². The van der Waals surface area contributed by atoms with Crippen molar-refractivity contribution in [2.45, 2.75) is 37.0 Å². The number of aromatic nitrogens is 2. The summed E-state index contributed by atoms with van der Waals surface area (Å²) in [6, 6.07) is 15.6. The Bertz CT molecular complexity index is 1110. The summed E-state index contributed by atoms with van der Waals surface area (Å²) in [7, 11) is 1.60. The van der Waals surface area contributed by atoms with Crippen LogP contribution < -0.4 is 10.9 Å². The molecule has 0 spiro atoms. The summed E-state index contributed by atoms with van der Waals surface area (Å²) >= 11 is 1.29. The van der Waals surface area contributed by atoms with Crippen molar-refractivity contribution in [1.82, 2.24) is 14.9 Å². The molecule has 0 fully saturated rings. The van der Waals surface area contributed by atoms with Crippen LogP contribution in [0.3, 0.4) is 0 Å². The molecule has 0 radical (unpaired) electrons. The number of aryl methyl sites for hydroxylation is 1. The number of hydrogen-bond donors (Lipinski definition) is 1. The fraction of sp³-hybridized carbons (Fsp3) is 0.348. The standard InChI is InChI=1S/C23H25N3O3S/c1-29-14-13-26-22(28)18-10-4-5-11-20(18)25-23(26)30-15-21(27)24-19-12-6-8-16-7-2-3-9-17(16)19/h2-5,7,9-11,19H,6,8,12-15H2,1H3,(H,24,27). The zero-order valence-corrected chi connectivity index (χ0v) is 17.8. The number of carbonyl (C=O) groups excluding carboxylic acids is 1. The van der Waals surface area contributed by atoms with Crippen LogP contribution in [0.25, 0.3) is 10.9 Å². The average Bonchev–Trinajstić information content (AvgIpc) is 2.77. The van der Waals surface area contributed by atoms with Gasteiger partial charge in [0.15, 0.2) is 5.16 Å². The number of nitrogens with one attached hydrogen (secondary N) is 1. The molecule has 0 bridgehead atoms. The van der Waals surface area contributed by atoms with Crippen molar-refractivity contribution in [2.75, 3.05) is 19.5 Å². The van der Waals surface area contributed by atoms with Crippen molar-refractivity contribution < 1.29 is 9.53 Å². The molecule has 1 aliphatic carbocycles. The zero-order valence-electron chi connectivity index (χ0n) is 17.0. The Labute approximate surface area is 179 Å². The van der Waals surface area contributed by atoms with Gasteiger partial charge in [-0.2, -0.15) is 0 Å². The van der Waals surface area contributed by atoms with E-state index in [-0.39, 0.29) is 23.3 Å². The molecular formula is C23H25N3O3S. The number of amides is 1. The van der Waals surface area contributed by atoms with Crippen LogP contribution in [0.4, 0.5) is 0 Å². The van der Waals surface area contributed by atoms with Crippen molar-refractivity contribution in [3.8, 4) is 0 Å². The molecule has 1 N–H and O–H groups in total. The molecule has 0 saturated carbocycles. The number of para-hydroxylation sites is 1. The fourth-order valence-electron chi connectivity index (χ4n) is 3.91. The van der Waals surface area contributed by atoms with Gasteiger partial charge >= 0.3 is 0 Å². The van der Waals surface area contributed by atoms with E-state index in [1.807, 2.05) is 30.3 Å². The first-order valence-electron chi connectivity index (χ1n) is 10.2. The second kappa shape index (κ2) is 9.45. The van der Waals surface area contributed by atoms with Crippen LogP contribution in [0.15, 0.2) is 58.5 Å². The third-order valence-electron chi connectivity index (χ3n) is 5.38. The molecule has 6 nitrogen and oxygen atoms in total. The minimum Gasteiger partial charge on any atom is -0.383 e. The third kappa shape index (κ3) is 4.42. The first-order valence-corrected chi connectivity index (χ1v) is 11.1. The van der Waals surface area contributed by atoms with Crippen LogP contribution in [-0.4, -0.2) is 34.9 Å². The molecule has 1 atom stereocenters. The number of fused-ring (bicyclic) bond motifs is 2. The first kappa shape index (κ1) is 20.6. The molecular weight excluding hydrogens is 398 g/mol. The summed E-state index contributed by atoms with van der Waals surface area (Å²) in [5.41, 5.74) is 3.05. The first-order chi connectivity index (χ1) is 14.7. The highest BCUT2D eigenvalue weighted by atomic mass is 32.2. The Balaban J connectivity index is 1.50. The summed E-state index contributed by atoms with van der Waals surface area (Å²) in [4.78, 5) is 30.2. The van der Waals surface area contributed by atoms with Crippen LogP contribution in [0.1, 0.15) is 30.0 Å². The van der Waals surface area contributed by atoms with Gasteiger partial charge in [-0.05, 0) is 42.5 Å². The Morgan fingerprint density at radius 2 is 2.03 bits per heavy atom. The largest absolute Gasteiger partial charge is 0.383 e. The molecule has 3 aromatic rings. The molecule has 0 aliphatic heterocycles. The molecule has 156 valence electrons. The van der Waals surface area contributed by atoms with Crippen LogP contribution >= 0.6 is 11.8 Å². The van der Waals surface area contributed by atoms with Crippen LogP contribution in [0, 0.1) is 0 Å². The van der Waals surface area contributed by atoms with Gasteiger partial charge in [-0.25, -0.2) is 4.98 Å². The number of ether oxygens (including phenoxy) is 1. The topological polar surface area (TPSA) is 73.2 Å². The number of carbonyl (C=O) groups is 1. The SMILES string of the molecule is COCCn1c(SCC(=O)NC2CCCc3ccccc32)nc2ccccc2c1=O. The third-order valence-corrected chi connectivity index (χ3v) is 6.36. The molecule has 1 aromatic heterocycles. The van der Waals surface area contributed by atoms with Gasteiger partial charge in [-0.1, -0.05) is 48.2 Å². The highest BCUT2D eigenvalue weighted by molar-refractivity contribution is 7.99. The van der Waals surface area contributed by atoms with Crippen molar-refractivity contribution in [1.29, 1.82) is 0 Å². The lowest BCUT2D eigenvalue weighted by atomic mass is 9.88. The monoisotopic (exact) mass is 423 g/mol. The van der Waals surface area contributed by atoms with Crippen LogP contribution in [0.5, 0.6) is 0 Å². The second-order valence-corrected chi connectivity index (χ2v) is 8.30. The molecule has 1 aliphatic rings. The lowest BCUT2D eigenvalue weighted by molar-refractivity contribution is -0.119. The normalized spacial score (nSPS) is 15.7. The Morgan fingerprint density at radius 3 is 2.90 bits per heavy atom. The van der Waals surface area contributed by atoms with Gasteiger partial charge in [0.05, 0.1) is 35.8 Å². The number of nitrogens with zero attached hydrogens (tertiary/aromatic N) is 2. The van der Waals surface area contributed by atoms with Crippen molar-refractivity contribution >= 4 is 28.6 Å². The van der Waals surface area contributed by atoms with Crippen LogP contribution in [-0.2, 0) is 22.5 Å². The number of thioether (sulfide) groups is 1. The number of benzene rings is 2. The van der Waals surface area contributed by atoms with Gasteiger partial charge in [-0.15, -0.1) is 0 Å². The highest BCUT2D eigenvalue weighted by Crippen LogP contribution is 2.29. The molecule has 2 aromatic carbocycles. The molecule has 1 unspecified atom stereocenters. The van der Waals surface area contributed by atoms with E-state index in [1.54, 1.807) is 17.7 Å². The maximum atomic E-state index is 12.9. The molecule has 1 heterocycles. The van der Waals surface area contributed by atoms with Gasteiger partial charge in [-0.3, -0.25) is 14.2 Å². The maximum absolute atomic E-state index is 12.9. The Hall–Kier alpha value is -2.64. The number of methoxy groups -OCH3 is 1. The smallest absolute Gasteiger partial charge is 0.262 e. The van der Waals surface area contributed by atoms with E-state index < -0.39 is 0 Å². The molecule has 7 heteroatoms. The predicted molar refractivity (Wildman–Crippen MR) is 119 cm³/mol. The van der Waals surface area contributed by atoms with E-state index in [0.29, 0.717) is 29.2 Å². The van der Waals surface area contributed by atoms with Gasteiger partial charge in [0.1, 0.15) is 0 Å². The summed E-state index contributed by atoms with van der Waals surface area (Å²) in [6.07, 6.45) is 3.07. The van der Waals surface area contributed by atoms with Crippen molar-refractivity contribution in [3.05, 3.63) is 70.0 Å². The highest BCUT2D eigenvalue weighted by Gasteiger charge is 2.22. The predicted octanol–water partition coefficient (Wildman–Crippen LogP) is 3.33. The summed E-state index contributed by atoms with van der Waals surface area (Å²) in [5, 5.41) is 4.27. The lowest BCUT2D eigenvalue weighted by Gasteiger charge is -2.26. The van der Waals surface area contributed by atoms with E-state index in [0.717, 1.165) is 19.3 Å². The summed E-state index contributed by atoms with van der Waals surface area (Å²) in [6.45, 7) is 0.797. The van der Waals surface area contributed by atoms with E-state index in [2.05, 4.69) is 22.4 Å². The molecule has 4 rings (SSSR count). The minimum atomic E-state index is -0.109. The summed E-state index contributed by atoms with van der Waals surface area (Å²) in [5.74, 6) is 0.151. The van der Waals surface area contributed by atoms with Gasteiger partial charge < -0.3 is 10.1 Å². The van der Waals surface area contributed by atoms with Crippen molar-refractivity contribution in [3.63, 3.8) is 0 Å². The molecule has 0 saturated heterocycles. The second-order valence-electron chi connectivity index (χ2n) is 7.36. The Morgan fingerprint density at radius 1 is 1.23 bits per heavy atom. The molecule has 30 heavy (non-hydrogen) atoms. The van der Waals surface area contributed by atoms with Gasteiger partial charge in [0.25, 0.3) is 5.56 Å². The van der Waals surface area contributed by atoms with Gasteiger partial charge in [0, 0.05) is 7.11 Å².